The largest absolute Gasteiger partial charge is 0.381 e. The van der Waals surface area contributed by atoms with Crippen molar-refractivity contribution in [3.05, 3.63) is 29.8 Å². The van der Waals surface area contributed by atoms with E-state index in [1.165, 1.54) is 5.69 Å². The van der Waals surface area contributed by atoms with Gasteiger partial charge in [-0.1, -0.05) is 73.3 Å². The number of anilines is 1. The van der Waals surface area contributed by atoms with Gasteiger partial charge < -0.3 is 19.1 Å². The molecular formula is C28H51NO3. The highest BCUT2D eigenvalue weighted by molar-refractivity contribution is 5.52. The molecule has 1 aliphatic carbocycles. The predicted octanol–water partition coefficient (Wildman–Crippen LogP) is 6.95. The molecule has 0 aromatic heterocycles. The van der Waals surface area contributed by atoms with Crippen LogP contribution in [0.3, 0.4) is 0 Å². The Morgan fingerprint density at radius 2 is 1.44 bits per heavy atom. The van der Waals surface area contributed by atoms with Crippen molar-refractivity contribution in [3.63, 3.8) is 0 Å². The van der Waals surface area contributed by atoms with E-state index in [9.17, 15) is 0 Å². The highest BCUT2D eigenvalue weighted by Gasteiger charge is 2.32. The number of methoxy groups -OCH3 is 2. The average molecular weight is 450 g/mol. The normalized spacial score (nSPS) is 18.9. The summed E-state index contributed by atoms with van der Waals surface area (Å²) in [6, 6.07) is 8.45. The van der Waals surface area contributed by atoms with Gasteiger partial charge in [0.2, 0.25) is 0 Å². The predicted molar refractivity (Wildman–Crippen MR) is 141 cm³/mol. The standard InChI is InChI=1S/C20H27NO3.4C2H6/c1-22-12-4-6-16-5-3-7-17(13-16)21-10-8-18(9-11-21)24-20-14-19(15-20)23-2;4*1-2/h3,5,7,13,18-20H,8-12,14-15H2,1-2H3;4*1-2H3. The van der Waals surface area contributed by atoms with Crippen LogP contribution in [-0.2, 0) is 14.2 Å². The fourth-order valence-corrected chi connectivity index (χ4v) is 3.33. The van der Waals surface area contributed by atoms with Gasteiger partial charge in [-0.15, -0.1) is 0 Å². The number of ether oxygens (including phenoxy) is 3. The number of hydrogen-bond acceptors (Lipinski definition) is 4. The molecule has 1 saturated heterocycles. The van der Waals surface area contributed by atoms with Crippen LogP contribution in [0.15, 0.2) is 24.3 Å². The van der Waals surface area contributed by atoms with Crippen LogP contribution in [0.1, 0.15) is 86.6 Å². The van der Waals surface area contributed by atoms with Crippen LogP contribution in [-0.4, -0.2) is 52.2 Å². The molecule has 0 atom stereocenters. The van der Waals surface area contributed by atoms with Gasteiger partial charge in [-0.25, -0.2) is 0 Å². The van der Waals surface area contributed by atoms with E-state index >= 15 is 0 Å². The monoisotopic (exact) mass is 449 g/mol. The van der Waals surface area contributed by atoms with Gasteiger partial charge in [0.05, 0.1) is 18.3 Å². The van der Waals surface area contributed by atoms with Gasteiger partial charge in [0.25, 0.3) is 0 Å². The van der Waals surface area contributed by atoms with E-state index in [0.717, 1.165) is 44.3 Å². The lowest BCUT2D eigenvalue weighted by Gasteiger charge is -2.40. The minimum Gasteiger partial charge on any atom is -0.381 e. The van der Waals surface area contributed by atoms with Crippen molar-refractivity contribution in [2.75, 3.05) is 38.8 Å². The molecule has 3 rings (SSSR count). The summed E-state index contributed by atoms with van der Waals surface area (Å²) >= 11 is 0. The second-order valence-electron chi connectivity index (χ2n) is 6.56. The van der Waals surface area contributed by atoms with Crippen LogP contribution >= 0.6 is 0 Å². The molecule has 2 aliphatic rings. The van der Waals surface area contributed by atoms with E-state index in [0.29, 0.717) is 24.9 Å². The van der Waals surface area contributed by atoms with Crippen LogP contribution in [0.25, 0.3) is 0 Å². The third-order valence-corrected chi connectivity index (χ3v) is 4.87. The molecule has 1 saturated carbocycles. The molecule has 0 bridgehead atoms. The third-order valence-electron chi connectivity index (χ3n) is 4.87. The van der Waals surface area contributed by atoms with E-state index in [1.54, 1.807) is 14.2 Å². The van der Waals surface area contributed by atoms with Crippen LogP contribution < -0.4 is 4.90 Å². The maximum absolute atomic E-state index is 6.19. The Bertz CT molecular complexity index is 580. The molecule has 0 unspecified atom stereocenters. The zero-order chi connectivity index (χ0) is 24.8. The zero-order valence-electron chi connectivity index (χ0n) is 22.7. The second-order valence-corrected chi connectivity index (χ2v) is 6.56. The Morgan fingerprint density at radius 3 is 1.97 bits per heavy atom. The van der Waals surface area contributed by atoms with Gasteiger partial charge in [0.15, 0.2) is 0 Å². The van der Waals surface area contributed by atoms with Crippen LogP contribution in [0.2, 0.25) is 0 Å². The van der Waals surface area contributed by atoms with Crippen LogP contribution in [0.5, 0.6) is 0 Å². The lowest BCUT2D eigenvalue weighted by molar-refractivity contribution is -0.119. The summed E-state index contributed by atoms with van der Waals surface area (Å²) in [6.45, 7) is 18.6. The molecule has 0 spiro atoms. The van der Waals surface area contributed by atoms with Crippen LogP contribution in [0.4, 0.5) is 5.69 Å². The van der Waals surface area contributed by atoms with E-state index in [2.05, 4.69) is 34.9 Å². The maximum atomic E-state index is 6.19. The molecule has 1 aromatic rings. The van der Waals surface area contributed by atoms with E-state index in [1.807, 2.05) is 61.5 Å². The lowest BCUT2D eigenvalue weighted by Crippen LogP contribution is -2.43. The van der Waals surface area contributed by atoms with Crippen molar-refractivity contribution in [2.45, 2.75) is 99.4 Å². The summed E-state index contributed by atoms with van der Waals surface area (Å²) in [5.74, 6) is 6.16. The number of rotatable bonds is 5. The SMILES string of the molecule is CC.CC.CC.CC.COCC#Cc1cccc(N2CCC(OC3CC(OC)C3)CC2)c1. The first-order valence-corrected chi connectivity index (χ1v) is 12.8. The van der Waals surface area contributed by atoms with Crippen LogP contribution in [0, 0.1) is 11.8 Å². The molecule has 4 nitrogen and oxygen atoms in total. The zero-order valence-corrected chi connectivity index (χ0v) is 22.7. The minimum absolute atomic E-state index is 0.397. The first-order valence-electron chi connectivity index (χ1n) is 12.8. The Balaban J connectivity index is 0. The van der Waals surface area contributed by atoms with Crippen molar-refractivity contribution in [2.24, 2.45) is 0 Å². The topological polar surface area (TPSA) is 30.9 Å². The Morgan fingerprint density at radius 1 is 0.844 bits per heavy atom. The molecule has 1 aromatic carbocycles. The highest BCUT2D eigenvalue weighted by atomic mass is 16.5. The average Bonchev–Trinajstić information content (AvgIpc) is 2.87. The fraction of sp³-hybridized carbons (Fsp3) is 0.714. The van der Waals surface area contributed by atoms with E-state index < -0.39 is 0 Å². The summed E-state index contributed by atoms with van der Waals surface area (Å²) in [5.41, 5.74) is 2.30. The number of piperidine rings is 1. The maximum Gasteiger partial charge on any atom is 0.107 e. The van der Waals surface area contributed by atoms with Gasteiger partial charge in [0, 0.05) is 38.6 Å². The van der Waals surface area contributed by atoms with Crippen molar-refractivity contribution in [1.29, 1.82) is 0 Å². The van der Waals surface area contributed by atoms with Gasteiger partial charge in [-0.3, -0.25) is 0 Å². The summed E-state index contributed by atoms with van der Waals surface area (Å²) in [4.78, 5) is 2.43. The van der Waals surface area contributed by atoms with E-state index in [4.69, 9.17) is 14.2 Å². The molecule has 4 heteroatoms. The fourth-order valence-electron chi connectivity index (χ4n) is 3.33. The molecule has 0 amide bonds. The second kappa shape index (κ2) is 22.6. The summed E-state index contributed by atoms with van der Waals surface area (Å²) in [5, 5.41) is 0. The molecule has 1 heterocycles. The van der Waals surface area contributed by atoms with E-state index in [-0.39, 0.29) is 0 Å². The van der Waals surface area contributed by atoms with Gasteiger partial charge in [-0.2, -0.15) is 0 Å². The van der Waals surface area contributed by atoms with Crippen molar-refractivity contribution < 1.29 is 14.2 Å². The van der Waals surface area contributed by atoms with Crippen molar-refractivity contribution in [3.8, 4) is 11.8 Å². The van der Waals surface area contributed by atoms with Crippen molar-refractivity contribution >= 4 is 5.69 Å². The first kappa shape index (κ1) is 32.6. The molecular weight excluding hydrogens is 398 g/mol. The first-order chi connectivity index (χ1) is 15.8. The minimum atomic E-state index is 0.397. The van der Waals surface area contributed by atoms with Gasteiger partial charge in [0.1, 0.15) is 6.61 Å². The molecule has 0 radical (unpaired) electrons. The van der Waals surface area contributed by atoms with Crippen molar-refractivity contribution in [1.82, 2.24) is 0 Å². The summed E-state index contributed by atoms with van der Waals surface area (Å²) < 4.78 is 16.5. The molecule has 32 heavy (non-hydrogen) atoms. The molecule has 186 valence electrons. The molecule has 1 aliphatic heterocycles. The lowest BCUT2D eigenvalue weighted by atomic mass is 9.91. The number of hydrogen-bond donors (Lipinski definition) is 0. The quantitative estimate of drug-likeness (QED) is 0.455. The van der Waals surface area contributed by atoms with Gasteiger partial charge >= 0.3 is 0 Å². The summed E-state index contributed by atoms with van der Waals surface area (Å²) in [6.07, 6.45) is 5.51. The third kappa shape index (κ3) is 12.5. The Kier molecular flexibility index (Phi) is 23.1. The molecule has 2 fully saturated rings. The smallest absolute Gasteiger partial charge is 0.107 e. The highest BCUT2D eigenvalue weighted by Crippen LogP contribution is 2.30. The number of nitrogens with zero attached hydrogens (tertiary/aromatic N) is 1. The molecule has 0 N–H and O–H groups in total. The Labute approximate surface area is 200 Å². The Hall–Kier alpha value is -1.54. The number of benzene rings is 1. The summed E-state index contributed by atoms with van der Waals surface area (Å²) in [7, 11) is 3.45. The van der Waals surface area contributed by atoms with Gasteiger partial charge in [-0.05, 0) is 43.9 Å².